The van der Waals surface area contributed by atoms with Crippen LogP contribution in [0.25, 0.3) is 21.8 Å². The van der Waals surface area contributed by atoms with Gasteiger partial charge in [0, 0.05) is 48.9 Å². The van der Waals surface area contributed by atoms with Crippen molar-refractivity contribution < 1.29 is 9.59 Å². The lowest BCUT2D eigenvalue weighted by Crippen LogP contribution is -2.35. The molecule has 4 aromatic rings. The van der Waals surface area contributed by atoms with Crippen LogP contribution in [-0.4, -0.2) is 50.7 Å². The minimum atomic E-state index is -0.287. The molecule has 0 bridgehead atoms. The lowest BCUT2D eigenvalue weighted by atomic mass is 10.1. The van der Waals surface area contributed by atoms with E-state index in [0.29, 0.717) is 38.0 Å². The SMILES string of the molecule is Cc1ccccc1Cn1c2ccccc2c2cnn(CC(=O)NCCCN3CCCC3=O)c(=O)c21. The zero-order valence-corrected chi connectivity index (χ0v) is 19.9. The molecule has 0 spiro atoms. The zero-order chi connectivity index (χ0) is 24.4. The number of carbonyl (C=O) groups excluding carboxylic acids is 2. The first kappa shape index (κ1) is 22.8. The summed E-state index contributed by atoms with van der Waals surface area (Å²) in [5, 5.41) is 8.91. The third kappa shape index (κ3) is 4.56. The van der Waals surface area contributed by atoms with Gasteiger partial charge in [-0.05, 0) is 37.0 Å². The van der Waals surface area contributed by atoms with E-state index in [2.05, 4.69) is 29.5 Å². The predicted octanol–water partition coefficient (Wildman–Crippen LogP) is 2.84. The van der Waals surface area contributed by atoms with E-state index < -0.39 is 0 Å². The molecule has 0 unspecified atom stereocenters. The van der Waals surface area contributed by atoms with Crippen LogP contribution in [0.1, 0.15) is 30.4 Å². The fourth-order valence-corrected chi connectivity index (χ4v) is 4.86. The molecule has 2 aromatic heterocycles. The second kappa shape index (κ2) is 9.74. The van der Waals surface area contributed by atoms with Gasteiger partial charge in [0.1, 0.15) is 12.1 Å². The number of fused-ring (bicyclic) bond motifs is 3. The molecule has 5 rings (SSSR count). The molecule has 0 saturated carbocycles. The van der Waals surface area contributed by atoms with E-state index in [-0.39, 0.29) is 23.9 Å². The van der Waals surface area contributed by atoms with E-state index >= 15 is 0 Å². The Morgan fingerprint density at radius 1 is 1.06 bits per heavy atom. The number of benzene rings is 2. The Balaban J connectivity index is 1.38. The lowest BCUT2D eigenvalue weighted by molar-refractivity contribution is -0.127. The van der Waals surface area contributed by atoms with E-state index in [1.54, 1.807) is 6.20 Å². The van der Waals surface area contributed by atoms with Gasteiger partial charge in [-0.15, -0.1) is 0 Å². The van der Waals surface area contributed by atoms with Gasteiger partial charge >= 0.3 is 0 Å². The van der Waals surface area contributed by atoms with Crippen molar-refractivity contribution >= 4 is 33.6 Å². The van der Waals surface area contributed by atoms with Crippen LogP contribution in [0.15, 0.2) is 59.5 Å². The molecular weight excluding hydrogens is 442 g/mol. The van der Waals surface area contributed by atoms with Crippen LogP contribution < -0.4 is 10.9 Å². The average molecular weight is 472 g/mol. The molecule has 0 atom stereocenters. The van der Waals surface area contributed by atoms with Crippen molar-refractivity contribution in [3.63, 3.8) is 0 Å². The number of nitrogens with one attached hydrogen (secondary N) is 1. The summed E-state index contributed by atoms with van der Waals surface area (Å²) in [5.41, 5.74) is 3.51. The molecule has 3 heterocycles. The molecule has 0 radical (unpaired) electrons. The lowest BCUT2D eigenvalue weighted by Gasteiger charge is -2.15. The fourth-order valence-electron chi connectivity index (χ4n) is 4.86. The summed E-state index contributed by atoms with van der Waals surface area (Å²) in [6.07, 6.45) is 3.88. The number of aromatic nitrogens is 3. The molecule has 8 nitrogen and oxygen atoms in total. The van der Waals surface area contributed by atoms with E-state index in [9.17, 15) is 14.4 Å². The molecule has 2 aromatic carbocycles. The summed E-state index contributed by atoms with van der Waals surface area (Å²) < 4.78 is 3.26. The van der Waals surface area contributed by atoms with Crippen LogP contribution in [0.3, 0.4) is 0 Å². The highest BCUT2D eigenvalue weighted by molar-refractivity contribution is 6.07. The number of rotatable bonds is 8. The van der Waals surface area contributed by atoms with Crippen LogP contribution in [0.2, 0.25) is 0 Å². The Kier molecular flexibility index (Phi) is 6.35. The second-order valence-electron chi connectivity index (χ2n) is 9.09. The second-order valence-corrected chi connectivity index (χ2v) is 9.09. The highest BCUT2D eigenvalue weighted by atomic mass is 16.2. The standard InChI is InChI=1S/C27H29N5O3/c1-19-8-2-3-9-20(19)17-31-23-11-5-4-10-21(23)22-16-29-32(27(35)26(22)31)18-24(33)28-13-7-15-30-14-6-12-25(30)34/h2-5,8-11,16H,6-7,12-15,17-18H2,1H3,(H,28,33). The monoisotopic (exact) mass is 471 g/mol. The fraction of sp³-hybridized carbons (Fsp3) is 0.333. The van der Waals surface area contributed by atoms with Crippen LogP contribution in [0.4, 0.5) is 0 Å². The maximum absolute atomic E-state index is 13.5. The number of aryl methyl sites for hydroxylation is 1. The molecule has 35 heavy (non-hydrogen) atoms. The largest absolute Gasteiger partial charge is 0.354 e. The number of nitrogens with zero attached hydrogens (tertiary/aromatic N) is 4. The van der Waals surface area contributed by atoms with Gasteiger partial charge in [-0.2, -0.15) is 5.10 Å². The Bertz CT molecular complexity index is 1470. The van der Waals surface area contributed by atoms with Crippen molar-refractivity contribution in [1.29, 1.82) is 0 Å². The average Bonchev–Trinajstić information content (AvgIpc) is 3.41. The molecule has 1 aliphatic heterocycles. The molecule has 1 N–H and O–H groups in total. The number of hydrogen-bond acceptors (Lipinski definition) is 4. The summed E-state index contributed by atoms with van der Waals surface area (Å²) >= 11 is 0. The normalized spacial score (nSPS) is 13.7. The first-order chi connectivity index (χ1) is 17.0. The molecule has 8 heteroatoms. The molecule has 1 fully saturated rings. The van der Waals surface area contributed by atoms with Crippen molar-refractivity contribution in [3.05, 3.63) is 76.2 Å². The summed E-state index contributed by atoms with van der Waals surface area (Å²) in [5.74, 6) is -0.0882. The molecule has 1 aliphatic rings. The Hall–Kier alpha value is -3.94. The van der Waals surface area contributed by atoms with E-state index in [1.165, 1.54) is 4.68 Å². The minimum absolute atomic E-state index is 0.149. The van der Waals surface area contributed by atoms with Crippen LogP contribution in [-0.2, 0) is 22.7 Å². The number of amides is 2. The highest BCUT2D eigenvalue weighted by Crippen LogP contribution is 2.27. The van der Waals surface area contributed by atoms with Gasteiger partial charge in [-0.1, -0.05) is 42.5 Å². The Morgan fingerprint density at radius 2 is 1.86 bits per heavy atom. The third-order valence-electron chi connectivity index (χ3n) is 6.75. The van der Waals surface area contributed by atoms with Gasteiger partial charge in [0.15, 0.2) is 0 Å². The molecule has 2 amide bonds. The van der Waals surface area contributed by atoms with Crippen molar-refractivity contribution in [1.82, 2.24) is 24.6 Å². The first-order valence-electron chi connectivity index (χ1n) is 12.1. The van der Waals surface area contributed by atoms with Crippen molar-refractivity contribution in [3.8, 4) is 0 Å². The van der Waals surface area contributed by atoms with Gasteiger partial charge < -0.3 is 14.8 Å². The molecule has 0 aliphatic carbocycles. The van der Waals surface area contributed by atoms with E-state index in [4.69, 9.17) is 0 Å². The third-order valence-corrected chi connectivity index (χ3v) is 6.75. The van der Waals surface area contributed by atoms with Gasteiger partial charge in [-0.3, -0.25) is 14.4 Å². The quantitative estimate of drug-likeness (QED) is 0.400. The highest BCUT2D eigenvalue weighted by Gasteiger charge is 2.20. The smallest absolute Gasteiger partial charge is 0.291 e. The maximum Gasteiger partial charge on any atom is 0.291 e. The Morgan fingerprint density at radius 3 is 2.66 bits per heavy atom. The van der Waals surface area contributed by atoms with Crippen molar-refractivity contribution in [2.75, 3.05) is 19.6 Å². The predicted molar refractivity (Wildman–Crippen MR) is 135 cm³/mol. The Labute approximate surface area is 203 Å². The van der Waals surface area contributed by atoms with Gasteiger partial charge in [-0.25, -0.2) is 4.68 Å². The van der Waals surface area contributed by atoms with Crippen molar-refractivity contribution in [2.24, 2.45) is 0 Å². The van der Waals surface area contributed by atoms with Crippen LogP contribution in [0.5, 0.6) is 0 Å². The summed E-state index contributed by atoms with van der Waals surface area (Å²) in [7, 11) is 0. The van der Waals surface area contributed by atoms with E-state index in [1.807, 2.05) is 45.9 Å². The number of carbonyl (C=O) groups is 2. The van der Waals surface area contributed by atoms with Crippen LogP contribution in [0, 0.1) is 6.92 Å². The zero-order valence-electron chi connectivity index (χ0n) is 19.9. The van der Waals surface area contributed by atoms with Gasteiger partial charge in [0.25, 0.3) is 5.56 Å². The van der Waals surface area contributed by atoms with Gasteiger partial charge in [0.05, 0.1) is 6.20 Å². The first-order valence-corrected chi connectivity index (χ1v) is 12.1. The topological polar surface area (TPSA) is 89.2 Å². The summed E-state index contributed by atoms with van der Waals surface area (Å²) in [4.78, 5) is 39.6. The van der Waals surface area contributed by atoms with Crippen LogP contribution >= 0.6 is 0 Å². The van der Waals surface area contributed by atoms with Gasteiger partial charge in [0.2, 0.25) is 11.8 Å². The molecule has 180 valence electrons. The molecular formula is C27H29N5O3. The summed E-state index contributed by atoms with van der Waals surface area (Å²) in [6.45, 7) is 4.35. The summed E-state index contributed by atoms with van der Waals surface area (Å²) in [6, 6.07) is 16.1. The minimum Gasteiger partial charge on any atom is -0.354 e. The molecule has 1 saturated heterocycles. The number of hydrogen-bond donors (Lipinski definition) is 1. The maximum atomic E-state index is 13.5. The number of likely N-dealkylation sites (tertiary alicyclic amines) is 1. The van der Waals surface area contributed by atoms with Crippen molar-refractivity contribution in [2.45, 2.75) is 39.3 Å². The van der Waals surface area contributed by atoms with E-state index in [0.717, 1.165) is 40.4 Å². The number of para-hydroxylation sites is 1.